The fraction of sp³-hybridized carbons (Fsp3) is 0.0909. The van der Waals surface area contributed by atoms with Crippen LogP contribution in [0.25, 0.3) is 0 Å². The van der Waals surface area contributed by atoms with E-state index in [1.807, 2.05) is 24.3 Å². The second-order valence-electron chi connectivity index (χ2n) is 3.41. The summed E-state index contributed by atoms with van der Waals surface area (Å²) < 4.78 is 3.62. The van der Waals surface area contributed by atoms with Crippen LogP contribution in [0.15, 0.2) is 37.7 Å². The molecule has 1 aromatic heterocycles. The van der Waals surface area contributed by atoms with Gasteiger partial charge in [-0.2, -0.15) is 0 Å². The summed E-state index contributed by atoms with van der Waals surface area (Å²) >= 11 is 17.8. The average Bonchev–Trinajstić information content (AvgIpc) is 2.58. The lowest BCUT2D eigenvalue weighted by molar-refractivity contribution is 0.886. The van der Waals surface area contributed by atoms with E-state index in [2.05, 4.69) is 47.8 Å². The van der Waals surface area contributed by atoms with Gasteiger partial charge in [0.25, 0.3) is 0 Å². The third-order valence-corrected chi connectivity index (χ3v) is 6.01. The summed E-state index contributed by atoms with van der Waals surface area (Å²) in [4.78, 5) is 1.03. The van der Waals surface area contributed by atoms with Gasteiger partial charge >= 0.3 is 0 Å². The molecular weight excluding hydrogens is 453 g/mol. The molecule has 2 aromatic rings. The van der Waals surface area contributed by atoms with E-state index in [1.54, 1.807) is 0 Å². The van der Waals surface area contributed by atoms with Crippen molar-refractivity contribution in [3.05, 3.63) is 52.5 Å². The van der Waals surface area contributed by atoms with Crippen molar-refractivity contribution in [2.45, 2.75) is 6.04 Å². The average molecular weight is 460 g/mol. The summed E-state index contributed by atoms with van der Waals surface area (Å²) in [5.41, 5.74) is 7.28. The Labute approximate surface area is 134 Å². The molecule has 1 nitrogen and oxygen atoms in total. The van der Waals surface area contributed by atoms with E-state index in [4.69, 9.17) is 17.3 Å². The highest BCUT2D eigenvalue weighted by Crippen LogP contribution is 2.38. The molecule has 1 atom stereocenters. The number of benzene rings is 1. The maximum absolute atomic E-state index is 6.24. The lowest BCUT2D eigenvalue weighted by atomic mass is 10.1. The van der Waals surface area contributed by atoms with Crippen molar-refractivity contribution in [1.82, 2.24) is 0 Å². The van der Waals surface area contributed by atoms with Crippen molar-refractivity contribution in [1.29, 1.82) is 0 Å². The molecule has 0 radical (unpaired) electrons. The predicted molar refractivity (Wildman–Crippen MR) is 84.9 cm³/mol. The first-order chi connectivity index (χ1) is 7.99. The monoisotopic (exact) mass is 457 g/mol. The van der Waals surface area contributed by atoms with Crippen molar-refractivity contribution in [2.75, 3.05) is 0 Å². The second kappa shape index (κ2) is 5.72. The van der Waals surface area contributed by atoms with Crippen LogP contribution in [0.5, 0.6) is 0 Å². The fourth-order valence-corrected chi connectivity index (χ4v) is 4.47. The van der Waals surface area contributed by atoms with Crippen molar-refractivity contribution in [3.63, 3.8) is 0 Å². The van der Waals surface area contributed by atoms with E-state index in [0.29, 0.717) is 0 Å². The van der Waals surface area contributed by atoms with Gasteiger partial charge in [-0.1, -0.05) is 49.5 Å². The van der Waals surface area contributed by atoms with Gasteiger partial charge in [0.2, 0.25) is 0 Å². The van der Waals surface area contributed by atoms with Crippen LogP contribution in [0.3, 0.4) is 0 Å². The number of halogens is 4. The van der Waals surface area contributed by atoms with Crippen LogP contribution in [0, 0.1) is 0 Å². The first-order valence-corrected chi connectivity index (χ1v) is 8.21. The summed E-state index contributed by atoms with van der Waals surface area (Å²) in [6.45, 7) is 0. The number of hydrogen-bond acceptors (Lipinski definition) is 2. The van der Waals surface area contributed by atoms with Crippen LogP contribution in [-0.2, 0) is 0 Å². The minimum absolute atomic E-state index is 0.175. The zero-order chi connectivity index (χ0) is 12.6. The lowest BCUT2D eigenvalue weighted by Crippen LogP contribution is -2.10. The Morgan fingerprint density at radius 2 is 1.82 bits per heavy atom. The molecule has 2 rings (SSSR count). The third kappa shape index (κ3) is 3.14. The SMILES string of the molecule is NC(c1cc(Br)c(Cl)s1)c1ccc(Br)cc1Br. The Morgan fingerprint density at radius 1 is 1.12 bits per heavy atom. The highest BCUT2D eigenvalue weighted by Gasteiger charge is 2.16. The number of thiophene rings is 1. The maximum Gasteiger partial charge on any atom is 0.107 e. The molecule has 0 spiro atoms. The van der Waals surface area contributed by atoms with Crippen LogP contribution < -0.4 is 5.73 Å². The molecule has 2 N–H and O–H groups in total. The van der Waals surface area contributed by atoms with Crippen LogP contribution in [0.2, 0.25) is 4.34 Å². The molecule has 0 aliphatic rings. The minimum atomic E-state index is -0.175. The van der Waals surface area contributed by atoms with E-state index in [9.17, 15) is 0 Å². The normalized spacial score (nSPS) is 12.8. The molecule has 0 amide bonds. The highest BCUT2D eigenvalue weighted by atomic mass is 79.9. The van der Waals surface area contributed by atoms with Crippen LogP contribution >= 0.6 is 70.7 Å². The largest absolute Gasteiger partial charge is 0.320 e. The van der Waals surface area contributed by atoms with Gasteiger partial charge in [0.05, 0.1) is 6.04 Å². The van der Waals surface area contributed by atoms with E-state index in [-0.39, 0.29) is 6.04 Å². The standard InChI is InChI=1S/C11H7Br3ClNS/c12-5-1-2-6(7(13)3-5)10(16)9-4-8(14)11(15)17-9/h1-4,10H,16H2. The predicted octanol–water partition coefficient (Wildman–Crippen LogP) is 5.74. The number of nitrogens with two attached hydrogens (primary N) is 1. The zero-order valence-electron chi connectivity index (χ0n) is 8.38. The van der Waals surface area contributed by atoms with Gasteiger partial charge in [0, 0.05) is 18.3 Å². The van der Waals surface area contributed by atoms with Crippen molar-refractivity contribution in [3.8, 4) is 0 Å². The van der Waals surface area contributed by atoms with Gasteiger partial charge in [-0.25, -0.2) is 0 Å². The van der Waals surface area contributed by atoms with E-state index in [0.717, 1.165) is 28.2 Å². The molecule has 1 heterocycles. The Balaban J connectivity index is 2.39. The topological polar surface area (TPSA) is 26.0 Å². The first kappa shape index (κ1) is 14.0. The number of hydrogen-bond donors (Lipinski definition) is 1. The Morgan fingerprint density at radius 3 is 2.35 bits per heavy atom. The molecule has 1 unspecified atom stereocenters. The summed E-state index contributed by atoms with van der Waals surface area (Å²) in [6.07, 6.45) is 0. The molecular formula is C11H7Br3ClNS. The molecule has 17 heavy (non-hydrogen) atoms. The quantitative estimate of drug-likeness (QED) is 0.608. The van der Waals surface area contributed by atoms with Gasteiger partial charge in [0.1, 0.15) is 4.34 Å². The molecule has 6 heteroatoms. The summed E-state index contributed by atoms with van der Waals surface area (Å²) in [7, 11) is 0. The summed E-state index contributed by atoms with van der Waals surface area (Å²) in [6, 6.07) is 7.75. The Hall–Kier alpha value is 0.610. The van der Waals surface area contributed by atoms with Crippen molar-refractivity contribution < 1.29 is 0 Å². The smallest absolute Gasteiger partial charge is 0.107 e. The van der Waals surface area contributed by atoms with Gasteiger partial charge in [-0.3, -0.25) is 0 Å². The van der Waals surface area contributed by atoms with Crippen LogP contribution in [-0.4, -0.2) is 0 Å². The Bertz CT molecular complexity index is 536. The molecule has 1 aromatic carbocycles. The van der Waals surface area contributed by atoms with Crippen LogP contribution in [0.1, 0.15) is 16.5 Å². The third-order valence-electron chi connectivity index (χ3n) is 2.27. The minimum Gasteiger partial charge on any atom is -0.320 e. The van der Waals surface area contributed by atoms with Crippen molar-refractivity contribution >= 4 is 70.7 Å². The first-order valence-electron chi connectivity index (χ1n) is 4.64. The molecule has 0 fully saturated rings. The van der Waals surface area contributed by atoms with E-state index in [1.165, 1.54) is 11.3 Å². The van der Waals surface area contributed by atoms with Crippen molar-refractivity contribution in [2.24, 2.45) is 5.73 Å². The summed E-state index contributed by atoms with van der Waals surface area (Å²) in [5, 5.41) is 0. The lowest BCUT2D eigenvalue weighted by Gasteiger charge is -2.12. The van der Waals surface area contributed by atoms with Gasteiger partial charge < -0.3 is 5.73 Å². The molecule has 0 aliphatic heterocycles. The number of rotatable bonds is 2. The Kier molecular flexibility index (Phi) is 4.72. The summed E-state index contributed by atoms with van der Waals surface area (Å²) in [5.74, 6) is 0. The maximum atomic E-state index is 6.24. The molecule has 0 bridgehead atoms. The highest BCUT2D eigenvalue weighted by molar-refractivity contribution is 9.11. The molecule has 0 saturated heterocycles. The second-order valence-corrected chi connectivity index (χ2v) is 7.72. The molecule has 0 saturated carbocycles. The van der Waals surface area contributed by atoms with Gasteiger partial charge in [-0.15, -0.1) is 11.3 Å². The fourth-order valence-electron chi connectivity index (χ4n) is 1.42. The van der Waals surface area contributed by atoms with Crippen LogP contribution in [0.4, 0.5) is 0 Å². The molecule has 90 valence electrons. The van der Waals surface area contributed by atoms with E-state index >= 15 is 0 Å². The van der Waals surface area contributed by atoms with Gasteiger partial charge in [-0.05, 0) is 39.7 Å². The van der Waals surface area contributed by atoms with E-state index < -0.39 is 0 Å². The zero-order valence-corrected chi connectivity index (χ0v) is 14.7. The molecule has 0 aliphatic carbocycles. The van der Waals surface area contributed by atoms with Gasteiger partial charge in [0.15, 0.2) is 0 Å².